The van der Waals surface area contributed by atoms with E-state index in [1.54, 1.807) is 6.20 Å². The summed E-state index contributed by atoms with van der Waals surface area (Å²) in [5.74, 6) is 0.730. The Labute approximate surface area is 165 Å². The number of hydrogen-bond donors (Lipinski definition) is 1. The van der Waals surface area contributed by atoms with Gasteiger partial charge < -0.3 is 15.1 Å². The van der Waals surface area contributed by atoms with Crippen LogP contribution in [0.1, 0.15) is 24.0 Å². The van der Waals surface area contributed by atoms with Crippen LogP contribution in [0, 0.1) is 19.3 Å². The molecule has 0 unspecified atom stereocenters. The summed E-state index contributed by atoms with van der Waals surface area (Å²) in [7, 11) is 0. The van der Waals surface area contributed by atoms with Gasteiger partial charge in [-0.3, -0.25) is 9.59 Å². The highest BCUT2D eigenvalue weighted by Gasteiger charge is 2.58. The maximum atomic E-state index is 13.1. The zero-order chi connectivity index (χ0) is 19.7. The Kier molecular flexibility index (Phi) is 4.79. The Morgan fingerprint density at radius 2 is 1.68 bits per heavy atom. The van der Waals surface area contributed by atoms with Gasteiger partial charge in [-0.2, -0.15) is 0 Å². The zero-order valence-corrected chi connectivity index (χ0v) is 16.4. The number of benzene rings is 1. The van der Waals surface area contributed by atoms with Crippen LogP contribution < -0.4 is 10.2 Å². The zero-order valence-electron chi connectivity index (χ0n) is 16.4. The molecule has 1 N–H and O–H groups in total. The SMILES string of the molecule is Cc1cc(C)cc(NC(=O)C2(C(=O)N3CCN(c4ccccn4)CC3)CC2)c1. The molecular formula is C22H26N4O2. The highest BCUT2D eigenvalue weighted by Crippen LogP contribution is 2.48. The van der Waals surface area contributed by atoms with Crippen molar-refractivity contribution in [2.45, 2.75) is 26.7 Å². The molecule has 2 fully saturated rings. The fourth-order valence-electron chi connectivity index (χ4n) is 3.94. The number of hydrogen-bond acceptors (Lipinski definition) is 4. The van der Waals surface area contributed by atoms with Crippen LogP contribution in [0.4, 0.5) is 11.5 Å². The minimum absolute atomic E-state index is 0.0324. The molecule has 28 heavy (non-hydrogen) atoms. The lowest BCUT2D eigenvalue weighted by Gasteiger charge is -2.36. The Bertz CT molecular complexity index is 864. The minimum atomic E-state index is -0.884. The molecule has 146 valence electrons. The second-order valence-corrected chi connectivity index (χ2v) is 7.88. The minimum Gasteiger partial charge on any atom is -0.353 e. The molecule has 0 spiro atoms. The smallest absolute Gasteiger partial charge is 0.240 e. The van der Waals surface area contributed by atoms with Gasteiger partial charge in [0.05, 0.1) is 0 Å². The van der Waals surface area contributed by atoms with Crippen molar-refractivity contribution >= 4 is 23.3 Å². The molecule has 2 aromatic rings. The van der Waals surface area contributed by atoms with Gasteiger partial charge in [0.25, 0.3) is 0 Å². The van der Waals surface area contributed by atoms with Gasteiger partial charge in [-0.15, -0.1) is 0 Å². The summed E-state index contributed by atoms with van der Waals surface area (Å²) >= 11 is 0. The van der Waals surface area contributed by atoms with Gasteiger partial charge in [0.2, 0.25) is 11.8 Å². The molecule has 4 rings (SSSR count). The van der Waals surface area contributed by atoms with Crippen LogP contribution in [0.25, 0.3) is 0 Å². The Morgan fingerprint density at radius 1 is 1.00 bits per heavy atom. The van der Waals surface area contributed by atoms with Crippen molar-refractivity contribution in [1.82, 2.24) is 9.88 Å². The third kappa shape index (κ3) is 3.59. The highest BCUT2D eigenvalue weighted by atomic mass is 16.2. The molecule has 0 radical (unpaired) electrons. The van der Waals surface area contributed by atoms with E-state index in [0.29, 0.717) is 25.9 Å². The van der Waals surface area contributed by atoms with Crippen LogP contribution in [0.5, 0.6) is 0 Å². The van der Waals surface area contributed by atoms with E-state index in [-0.39, 0.29) is 11.8 Å². The third-order valence-corrected chi connectivity index (χ3v) is 5.61. The van der Waals surface area contributed by atoms with E-state index < -0.39 is 5.41 Å². The lowest BCUT2D eigenvalue weighted by atomic mass is 10.0. The van der Waals surface area contributed by atoms with Crippen LogP contribution in [-0.4, -0.2) is 47.9 Å². The first kappa shape index (κ1) is 18.5. The van der Waals surface area contributed by atoms with Gasteiger partial charge in [0.1, 0.15) is 11.2 Å². The highest BCUT2D eigenvalue weighted by molar-refractivity contribution is 6.13. The molecule has 1 aliphatic carbocycles. The number of nitrogens with zero attached hydrogens (tertiary/aromatic N) is 3. The van der Waals surface area contributed by atoms with E-state index >= 15 is 0 Å². The Hall–Kier alpha value is -2.89. The molecule has 1 saturated carbocycles. The summed E-state index contributed by atoms with van der Waals surface area (Å²) in [4.78, 5) is 34.4. The normalized spacial score (nSPS) is 17.9. The molecule has 1 aromatic carbocycles. The standard InChI is InChI=1S/C22H26N4O2/c1-16-13-17(2)15-18(14-16)24-20(27)22(6-7-22)21(28)26-11-9-25(10-12-26)19-5-3-4-8-23-19/h3-5,8,13-15H,6-7,9-12H2,1-2H3,(H,24,27). The van der Waals surface area contributed by atoms with Crippen molar-refractivity contribution in [3.63, 3.8) is 0 Å². The Morgan fingerprint density at radius 3 is 2.25 bits per heavy atom. The van der Waals surface area contributed by atoms with E-state index in [1.807, 2.05) is 49.1 Å². The van der Waals surface area contributed by atoms with Gasteiger partial charge in [-0.1, -0.05) is 12.1 Å². The first-order valence-corrected chi connectivity index (χ1v) is 9.83. The molecule has 2 amide bonds. The van der Waals surface area contributed by atoms with Gasteiger partial charge in [0, 0.05) is 38.1 Å². The largest absolute Gasteiger partial charge is 0.353 e. The third-order valence-electron chi connectivity index (χ3n) is 5.61. The van der Waals surface area contributed by atoms with Crippen molar-refractivity contribution in [1.29, 1.82) is 0 Å². The maximum Gasteiger partial charge on any atom is 0.240 e. The van der Waals surface area contributed by atoms with Crippen molar-refractivity contribution in [3.05, 3.63) is 53.7 Å². The molecule has 2 aliphatic rings. The van der Waals surface area contributed by atoms with Crippen molar-refractivity contribution in [2.24, 2.45) is 5.41 Å². The van der Waals surface area contributed by atoms with Crippen LogP contribution >= 0.6 is 0 Å². The molecule has 0 atom stereocenters. The lowest BCUT2D eigenvalue weighted by Crippen LogP contribution is -2.52. The summed E-state index contributed by atoms with van der Waals surface area (Å²) in [6.45, 7) is 6.71. The van der Waals surface area contributed by atoms with E-state index in [2.05, 4.69) is 21.3 Å². The van der Waals surface area contributed by atoms with Gasteiger partial charge in [-0.25, -0.2) is 4.98 Å². The quantitative estimate of drug-likeness (QED) is 0.831. The van der Waals surface area contributed by atoms with E-state index in [9.17, 15) is 9.59 Å². The van der Waals surface area contributed by atoms with Gasteiger partial charge in [0.15, 0.2) is 0 Å². The van der Waals surface area contributed by atoms with Crippen molar-refractivity contribution < 1.29 is 9.59 Å². The average molecular weight is 378 g/mol. The second-order valence-electron chi connectivity index (χ2n) is 7.88. The predicted molar refractivity (Wildman–Crippen MR) is 109 cm³/mol. The van der Waals surface area contributed by atoms with Gasteiger partial charge in [-0.05, 0) is 62.1 Å². The summed E-state index contributed by atoms with van der Waals surface area (Å²) in [6, 6.07) is 11.8. The summed E-state index contributed by atoms with van der Waals surface area (Å²) in [5, 5.41) is 2.97. The second kappa shape index (κ2) is 7.26. The average Bonchev–Trinajstić information content (AvgIpc) is 3.49. The number of nitrogens with one attached hydrogen (secondary N) is 1. The van der Waals surface area contributed by atoms with Gasteiger partial charge >= 0.3 is 0 Å². The summed E-state index contributed by atoms with van der Waals surface area (Å²) in [6.07, 6.45) is 3.04. The fourth-order valence-corrected chi connectivity index (χ4v) is 3.94. The molecule has 6 nitrogen and oxygen atoms in total. The molecule has 6 heteroatoms. The lowest BCUT2D eigenvalue weighted by molar-refractivity contribution is -0.142. The number of anilines is 2. The topological polar surface area (TPSA) is 65.5 Å². The predicted octanol–water partition coefficient (Wildman–Crippen LogP) is 2.77. The van der Waals surface area contributed by atoms with Crippen molar-refractivity contribution in [3.8, 4) is 0 Å². The fraction of sp³-hybridized carbons (Fsp3) is 0.409. The van der Waals surface area contributed by atoms with E-state index in [1.165, 1.54) is 0 Å². The number of aryl methyl sites for hydroxylation is 2. The summed E-state index contributed by atoms with van der Waals surface area (Å²) < 4.78 is 0. The summed E-state index contributed by atoms with van der Waals surface area (Å²) in [5.41, 5.74) is 2.07. The first-order chi connectivity index (χ1) is 13.5. The number of rotatable bonds is 4. The first-order valence-electron chi connectivity index (χ1n) is 9.83. The van der Waals surface area contributed by atoms with Crippen LogP contribution in [0.15, 0.2) is 42.6 Å². The number of carbonyl (C=O) groups excluding carboxylic acids is 2. The molecular weight excluding hydrogens is 352 g/mol. The maximum absolute atomic E-state index is 13.1. The van der Waals surface area contributed by atoms with Crippen LogP contribution in [0.2, 0.25) is 0 Å². The van der Waals surface area contributed by atoms with Crippen LogP contribution in [-0.2, 0) is 9.59 Å². The van der Waals surface area contributed by atoms with E-state index in [0.717, 1.165) is 35.7 Å². The molecule has 1 saturated heterocycles. The number of amides is 2. The molecule has 1 aliphatic heterocycles. The van der Waals surface area contributed by atoms with E-state index in [4.69, 9.17) is 0 Å². The number of carbonyl (C=O) groups is 2. The van der Waals surface area contributed by atoms with Crippen LogP contribution in [0.3, 0.4) is 0 Å². The number of pyridine rings is 1. The monoisotopic (exact) mass is 378 g/mol. The van der Waals surface area contributed by atoms with Crippen molar-refractivity contribution in [2.75, 3.05) is 36.4 Å². The number of piperazine rings is 1. The Balaban J connectivity index is 1.39. The molecule has 0 bridgehead atoms. The number of aromatic nitrogens is 1. The molecule has 1 aromatic heterocycles. The molecule has 2 heterocycles.